The molecule has 1 saturated heterocycles. The fourth-order valence-corrected chi connectivity index (χ4v) is 4.55. The maximum Gasteiger partial charge on any atom is 0.0600 e. The van der Waals surface area contributed by atoms with E-state index in [1.54, 1.807) is 0 Å². The van der Waals surface area contributed by atoms with Crippen molar-refractivity contribution < 1.29 is 0 Å². The number of fused-ring (bicyclic) bond motifs is 1. The third kappa shape index (κ3) is 2.75. The number of nitrogens with zero attached hydrogens (tertiary/aromatic N) is 1. The van der Waals surface area contributed by atoms with Crippen LogP contribution in [0.1, 0.15) is 70.6 Å². The SMILES string of the molecule is CN1C(CCC2CCCCC2)N[C@H]2CCCCC21. The number of hydrogen-bond donors (Lipinski definition) is 1. The highest BCUT2D eigenvalue weighted by Gasteiger charge is 2.39. The van der Waals surface area contributed by atoms with E-state index in [-0.39, 0.29) is 0 Å². The van der Waals surface area contributed by atoms with Crippen molar-refractivity contribution in [1.82, 2.24) is 10.2 Å². The van der Waals surface area contributed by atoms with E-state index in [4.69, 9.17) is 0 Å². The molecule has 0 spiro atoms. The lowest BCUT2D eigenvalue weighted by Crippen LogP contribution is -2.37. The minimum Gasteiger partial charge on any atom is -0.297 e. The van der Waals surface area contributed by atoms with E-state index >= 15 is 0 Å². The summed E-state index contributed by atoms with van der Waals surface area (Å²) in [5.41, 5.74) is 0. The van der Waals surface area contributed by atoms with Crippen LogP contribution < -0.4 is 5.32 Å². The third-order valence-electron chi connectivity index (χ3n) is 5.72. The van der Waals surface area contributed by atoms with Crippen molar-refractivity contribution >= 4 is 0 Å². The molecule has 2 saturated carbocycles. The van der Waals surface area contributed by atoms with Gasteiger partial charge in [0.25, 0.3) is 0 Å². The van der Waals surface area contributed by atoms with Gasteiger partial charge >= 0.3 is 0 Å². The molecule has 2 heteroatoms. The van der Waals surface area contributed by atoms with Crippen LogP contribution in [0.5, 0.6) is 0 Å². The van der Waals surface area contributed by atoms with Gasteiger partial charge in [0.05, 0.1) is 6.17 Å². The van der Waals surface area contributed by atoms with Crippen molar-refractivity contribution in [3.63, 3.8) is 0 Å². The quantitative estimate of drug-likeness (QED) is 0.824. The first-order valence-corrected chi connectivity index (χ1v) is 8.32. The van der Waals surface area contributed by atoms with Crippen molar-refractivity contribution in [2.45, 2.75) is 88.9 Å². The van der Waals surface area contributed by atoms with Crippen molar-refractivity contribution in [1.29, 1.82) is 0 Å². The second-order valence-electron chi connectivity index (χ2n) is 6.89. The van der Waals surface area contributed by atoms with Crippen molar-refractivity contribution in [2.75, 3.05) is 7.05 Å². The maximum absolute atomic E-state index is 3.91. The van der Waals surface area contributed by atoms with Crippen LogP contribution in [0.15, 0.2) is 0 Å². The molecule has 2 aliphatic carbocycles. The summed E-state index contributed by atoms with van der Waals surface area (Å²) in [6.45, 7) is 0. The fraction of sp³-hybridized carbons (Fsp3) is 1.00. The monoisotopic (exact) mass is 250 g/mol. The van der Waals surface area contributed by atoms with Gasteiger partial charge in [0, 0.05) is 12.1 Å². The molecule has 0 aromatic rings. The number of hydrogen-bond acceptors (Lipinski definition) is 2. The van der Waals surface area contributed by atoms with Gasteiger partial charge in [0.15, 0.2) is 0 Å². The average Bonchev–Trinajstić information content (AvgIpc) is 2.75. The molecule has 104 valence electrons. The Balaban J connectivity index is 1.47. The van der Waals surface area contributed by atoms with E-state index in [1.165, 1.54) is 70.6 Å². The molecule has 0 aromatic carbocycles. The number of rotatable bonds is 3. The molecule has 0 radical (unpaired) electrons. The first-order chi connectivity index (χ1) is 8.84. The summed E-state index contributed by atoms with van der Waals surface area (Å²) in [6, 6.07) is 1.65. The first kappa shape index (κ1) is 12.9. The van der Waals surface area contributed by atoms with Crippen LogP contribution in [0, 0.1) is 5.92 Å². The van der Waals surface area contributed by atoms with E-state index in [0.29, 0.717) is 6.17 Å². The van der Waals surface area contributed by atoms with Crippen LogP contribution in [-0.2, 0) is 0 Å². The van der Waals surface area contributed by atoms with E-state index in [9.17, 15) is 0 Å². The van der Waals surface area contributed by atoms with Gasteiger partial charge in [0.1, 0.15) is 0 Å². The standard InChI is InChI=1S/C16H30N2/c1-18-15-10-6-5-9-14(15)17-16(18)12-11-13-7-3-2-4-8-13/h13-17H,2-12H2,1H3/t14-,15?,16?/m0/s1. The molecule has 0 bridgehead atoms. The van der Waals surface area contributed by atoms with Gasteiger partial charge in [-0.15, -0.1) is 0 Å². The minimum absolute atomic E-state index is 0.681. The van der Waals surface area contributed by atoms with Crippen molar-refractivity contribution in [3.8, 4) is 0 Å². The summed E-state index contributed by atoms with van der Waals surface area (Å²) < 4.78 is 0. The first-order valence-electron chi connectivity index (χ1n) is 8.32. The van der Waals surface area contributed by atoms with Gasteiger partial charge in [-0.05, 0) is 38.6 Å². The van der Waals surface area contributed by atoms with Gasteiger partial charge in [-0.25, -0.2) is 0 Å². The lowest BCUT2D eigenvalue weighted by molar-refractivity contribution is 0.186. The molecule has 1 N–H and O–H groups in total. The Bertz CT molecular complexity index is 260. The zero-order chi connectivity index (χ0) is 12.4. The third-order valence-corrected chi connectivity index (χ3v) is 5.72. The summed E-state index contributed by atoms with van der Waals surface area (Å²) in [5, 5.41) is 3.91. The second-order valence-corrected chi connectivity index (χ2v) is 6.89. The molecule has 0 aromatic heterocycles. The van der Waals surface area contributed by atoms with E-state index in [0.717, 1.165) is 18.0 Å². The lowest BCUT2D eigenvalue weighted by atomic mass is 9.86. The average molecular weight is 250 g/mol. The number of nitrogens with one attached hydrogen (secondary N) is 1. The Morgan fingerprint density at radius 3 is 2.39 bits per heavy atom. The predicted molar refractivity (Wildman–Crippen MR) is 76.5 cm³/mol. The Morgan fingerprint density at radius 2 is 1.61 bits per heavy atom. The van der Waals surface area contributed by atoms with Gasteiger partial charge in [-0.3, -0.25) is 10.2 Å². The van der Waals surface area contributed by atoms with Crippen LogP contribution in [0.4, 0.5) is 0 Å². The molecule has 2 unspecified atom stereocenters. The molecule has 0 amide bonds. The summed E-state index contributed by atoms with van der Waals surface area (Å²) in [5.74, 6) is 1.04. The minimum atomic E-state index is 0.681. The van der Waals surface area contributed by atoms with Crippen LogP contribution in [0.25, 0.3) is 0 Å². The lowest BCUT2D eigenvalue weighted by Gasteiger charge is -2.29. The highest BCUT2D eigenvalue weighted by Crippen LogP contribution is 2.32. The molecular formula is C16H30N2. The summed E-state index contributed by atoms with van der Waals surface area (Å²) in [6.07, 6.45) is 16.7. The normalized spacial score (nSPS) is 38.8. The summed E-state index contributed by atoms with van der Waals surface area (Å²) in [4.78, 5) is 2.66. The zero-order valence-corrected chi connectivity index (χ0v) is 12.0. The van der Waals surface area contributed by atoms with Crippen LogP contribution in [0.2, 0.25) is 0 Å². The van der Waals surface area contributed by atoms with Crippen molar-refractivity contribution in [2.24, 2.45) is 5.92 Å². The largest absolute Gasteiger partial charge is 0.297 e. The van der Waals surface area contributed by atoms with Gasteiger partial charge < -0.3 is 0 Å². The Morgan fingerprint density at radius 1 is 0.889 bits per heavy atom. The zero-order valence-electron chi connectivity index (χ0n) is 12.0. The Hall–Kier alpha value is -0.0800. The van der Waals surface area contributed by atoms with Crippen molar-refractivity contribution in [3.05, 3.63) is 0 Å². The molecule has 1 heterocycles. The van der Waals surface area contributed by atoms with Gasteiger partial charge in [-0.1, -0.05) is 44.9 Å². The molecule has 3 fully saturated rings. The fourth-order valence-electron chi connectivity index (χ4n) is 4.55. The van der Waals surface area contributed by atoms with Crippen LogP contribution in [-0.4, -0.2) is 30.2 Å². The second kappa shape index (κ2) is 5.92. The molecule has 3 rings (SSSR count). The highest BCUT2D eigenvalue weighted by molar-refractivity contribution is 4.96. The molecular weight excluding hydrogens is 220 g/mol. The predicted octanol–water partition coefficient (Wildman–Crippen LogP) is 3.52. The summed E-state index contributed by atoms with van der Waals surface area (Å²) in [7, 11) is 2.36. The summed E-state index contributed by atoms with van der Waals surface area (Å²) >= 11 is 0. The molecule has 18 heavy (non-hydrogen) atoms. The Kier molecular flexibility index (Phi) is 4.25. The molecule has 3 aliphatic rings. The topological polar surface area (TPSA) is 15.3 Å². The number of likely N-dealkylation sites (N-methyl/N-ethyl adjacent to an activating group) is 1. The smallest absolute Gasteiger partial charge is 0.0600 e. The highest BCUT2D eigenvalue weighted by atomic mass is 15.4. The molecule has 3 atom stereocenters. The molecule has 1 aliphatic heterocycles. The van der Waals surface area contributed by atoms with Gasteiger partial charge in [0.2, 0.25) is 0 Å². The van der Waals surface area contributed by atoms with E-state index < -0.39 is 0 Å². The van der Waals surface area contributed by atoms with Crippen LogP contribution >= 0.6 is 0 Å². The maximum atomic E-state index is 3.91. The van der Waals surface area contributed by atoms with Crippen LogP contribution in [0.3, 0.4) is 0 Å². The van der Waals surface area contributed by atoms with E-state index in [1.807, 2.05) is 0 Å². The van der Waals surface area contributed by atoms with Gasteiger partial charge in [-0.2, -0.15) is 0 Å². The van der Waals surface area contributed by atoms with E-state index in [2.05, 4.69) is 17.3 Å². The molecule has 2 nitrogen and oxygen atoms in total. The Labute approximate surface area is 113 Å².